The third-order valence-corrected chi connectivity index (χ3v) is 1.46. The molecule has 0 spiro atoms. The summed E-state index contributed by atoms with van der Waals surface area (Å²) in [6, 6.07) is 0. The lowest BCUT2D eigenvalue weighted by atomic mass is 10.1. The molecule has 0 aliphatic rings. The quantitative estimate of drug-likeness (QED) is 0.476. The largest absolute Gasteiger partial charge is 0.433 e. The molecule has 0 N–H and O–H groups in total. The van der Waals surface area contributed by atoms with Gasteiger partial charge in [0.15, 0.2) is 0 Å². The van der Waals surface area contributed by atoms with Crippen molar-refractivity contribution in [1.29, 1.82) is 0 Å². The maximum atomic E-state index is 12.5. The molecule has 0 atom stereocenters. The minimum atomic E-state index is -4.58. The Kier molecular flexibility index (Phi) is 4.10. The molecule has 5 heteroatoms. The highest BCUT2D eigenvalue weighted by atomic mass is 19.4. The zero-order valence-corrected chi connectivity index (χ0v) is 7.67. The van der Waals surface area contributed by atoms with Gasteiger partial charge in [0.25, 0.3) is 0 Å². The summed E-state index contributed by atoms with van der Waals surface area (Å²) in [7, 11) is 0. The number of hydrogen-bond donors (Lipinski definition) is 0. The summed E-state index contributed by atoms with van der Waals surface area (Å²) < 4.78 is 49.1. The molecule has 76 valence electrons. The molecule has 0 aromatic heterocycles. The molecule has 0 aliphatic heterocycles. The van der Waals surface area contributed by atoms with E-state index in [1.807, 2.05) is 0 Å². The van der Waals surface area contributed by atoms with Crippen LogP contribution in [0.3, 0.4) is 0 Å². The highest BCUT2D eigenvalue weighted by Crippen LogP contribution is 2.24. The third kappa shape index (κ3) is 3.57. The van der Waals surface area contributed by atoms with Crippen molar-refractivity contribution in [2.45, 2.75) is 26.9 Å². The minimum Gasteiger partial charge on any atom is -0.281 e. The summed E-state index contributed by atoms with van der Waals surface area (Å²) in [5, 5.41) is 0. The van der Waals surface area contributed by atoms with Gasteiger partial charge in [-0.2, -0.15) is 13.2 Å². The van der Waals surface area contributed by atoms with Crippen LogP contribution in [0.1, 0.15) is 20.8 Å². The van der Waals surface area contributed by atoms with Crippen molar-refractivity contribution >= 4 is 5.71 Å². The average Bonchev–Trinajstić information content (AvgIpc) is 1.96. The molecule has 0 radical (unpaired) electrons. The van der Waals surface area contributed by atoms with E-state index in [1.54, 1.807) is 0 Å². The van der Waals surface area contributed by atoms with Gasteiger partial charge in [-0.1, -0.05) is 0 Å². The van der Waals surface area contributed by atoms with E-state index < -0.39 is 23.3 Å². The maximum Gasteiger partial charge on any atom is 0.433 e. The standard InChI is InChI=1S/C8H11F4N/c1-4-13-7(8(10,11)12)5(2)6(3)9/h4H2,1-3H3/b6-5+,13-7?. The Morgan fingerprint density at radius 2 is 1.69 bits per heavy atom. The van der Waals surface area contributed by atoms with Crippen molar-refractivity contribution in [3.05, 3.63) is 11.4 Å². The number of hydrogen-bond acceptors (Lipinski definition) is 1. The first-order valence-corrected chi connectivity index (χ1v) is 3.75. The van der Waals surface area contributed by atoms with Crippen molar-refractivity contribution in [3.63, 3.8) is 0 Å². The highest BCUT2D eigenvalue weighted by molar-refractivity contribution is 6.04. The summed E-state index contributed by atoms with van der Waals surface area (Å²) in [5.41, 5.74) is -1.58. The van der Waals surface area contributed by atoms with E-state index in [-0.39, 0.29) is 6.54 Å². The van der Waals surface area contributed by atoms with Crippen molar-refractivity contribution in [2.24, 2.45) is 4.99 Å². The molecule has 0 bridgehead atoms. The van der Waals surface area contributed by atoms with Crippen LogP contribution in [0.25, 0.3) is 0 Å². The van der Waals surface area contributed by atoms with Crippen molar-refractivity contribution in [1.82, 2.24) is 0 Å². The summed E-state index contributed by atoms with van der Waals surface area (Å²) in [6.07, 6.45) is -4.58. The summed E-state index contributed by atoms with van der Waals surface area (Å²) in [6.45, 7) is 3.50. The molecular weight excluding hydrogens is 186 g/mol. The second-order valence-electron chi connectivity index (χ2n) is 2.48. The van der Waals surface area contributed by atoms with Gasteiger partial charge >= 0.3 is 6.18 Å². The summed E-state index contributed by atoms with van der Waals surface area (Å²) >= 11 is 0. The Hall–Kier alpha value is -0.870. The Labute approximate surface area is 74.2 Å². The Bertz CT molecular complexity index is 233. The van der Waals surface area contributed by atoms with Gasteiger partial charge in [0.05, 0.1) is 0 Å². The predicted molar refractivity (Wildman–Crippen MR) is 43.5 cm³/mol. The monoisotopic (exact) mass is 197 g/mol. The fourth-order valence-electron chi connectivity index (χ4n) is 0.742. The zero-order chi connectivity index (χ0) is 10.6. The van der Waals surface area contributed by atoms with Crippen LogP contribution >= 0.6 is 0 Å². The fraction of sp³-hybridized carbons (Fsp3) is 0.625. The van der Waals surface area contributed by atoms with E-state index >= 15 is 0 Å². The average molecular weight is 197 g/mol. The second-order valence-corrected chi connectivity index (χ2v) is 2.48. The van der Waals surface area contributed by atoms with Gasteiger partial charge in [-0.05, 0) is 20.8 Å². The van der Waals surface area contributed by atoms with Crippen LogP contribution in [0.15, 0.2) is 16.4 Å². The number of halogens is 4. The molecule has 1 nitrogen and oxygen atoms in total. The molecule has 0 aromatic carbocycles. The topological polar surface area (TPSA) is 12.4 Å². The summed E-state index contributed by atoms with van der Waals surface area (Å²) in [4.78, 5) is 3.21. The van der Waals surface area contributed by atoms with Gasteiger partial charge < -0.3 is 0 Å². The summed E-state index contributed by atoms with van der Waals surface area (Å²) in [5.74, 6) is -0.857. The van der Waals surface area contributed by atoms with Gasteiger partial charge in [0, 0.05) is 12.1 Å². The van der Waals surface area contributed by atoms with E-state index in [9.17, 15) is 17.6 Å². The van der Waals surface area contributed by atoms with Crippen molar-refractivity contribution in [2.75, 3.05) is 6.54 Å². The third-order valence-electron chi connectivity index (χ3n) is 1.46. The molecule has 0 fully saturated rings. The predicted octanol–water partition coefficient (Wildman–Crippen LogP) is 3.27. The Morgan fingerprint density at radius 1 is 1.23 bits per heavy atom. The number of aliphatic imine (C=N–C) groups is 1. The SMILES string of the molecule is CCN=C(/C(C)=C(\C)F)C(F)(F)F. The first kappa shape index (κ1) is 12.1. The van der Waals surface area contributed by atoms with Crippen LogP contribution in [0, 0.1) is 0 Å². The first-order chi connectivity index (χ1) is 5.80. The van der Waals surface area contributed by atoms with Crippen LogP contribution in [0.2, 0.25) is 0 Å². The van der Waals surface area contributed by atoms with E-state index in [4.69, 9.17) is 0 Å². The molecule has 13 heavy (non-hydrogen) atoms. The van der Waals surface area contributed by atoms with Crippen LogP contribution in [0.5, 0.6) is 0 Å². The number of rotatable bonds is 2. The molecule has 0 heterocycles. The maximum absolute atomic E-state index is 12.5. The first-order valence-electron chi connectivity index (χ1n) is 3.75. The molecule has 0 saturated carbocycles. The minimum absolute atomic E-state index is 0.0144. The number of alkyl halides is 3. The lowest BCUT2D eigenvalue weighted by molar-refractivity contribution is -0.0585. The molecule has 0 aliphatic carbocycles. The van der Waals surface area contributed by atoms with E-state index in [2.05, 4.69) is 4.99 Å². The van der Waals surface area contributed by atoms with Crippen LogP contribution in [-0.4, -0.2) is 18.4 Å². The van der Waals surface area contributed by atoms with Crippen LogP contribution in [-0.2, 0) is 0 Å². The molecule has 0 saturated heterocycles. The zero-order valence-electron chi connectivity index (χ0n) is 7.67. The molecule has 0 rings (SSSR count). The lowest BCUT2D eigenvalue weighted by Crippen LogP contribution is -2.24. The van der Waals surface area contributed by atoms with Gasteiger partial charge in [0.1, 0.15) is 11.5 Å². The smallest absolute Gasteiger partial charge is 0.281 e. The van der Waals surface area contributed by atoms with Crippen molar-refractivity contribution in [3.8, 4) is 0 Å². The van der Waals surface area contributed by atoms with Gasteiger partial charge in [-0.15, -0.1) is 0 Å². The molecule has 0 amide bonds. The molecule has 0 unspecified atom stereocenters. The molecular formula is C8H11F4N. The lowest BCUT2D eigenvalue weighted by Gasteiger charge is -2.10. The van der Waals surface area contributed by atoms with Gasteiger partial charge in [-0.25, -0.2) is 4.39 Å². The molecule has 0 aromatic rings. The van der Waals surface area contributed by atoms with Gasteiger partial charge in [-0.3, -0.25) is 4.99 Å². The number of allylic oxidation sites excluding steroid dienone is 2. The normalized spacial score (nSPS) is 15.8. The second kappa shape index (κ2) is 4.39. The van der Waals surface area contributed by atoms with E-state index in [0.717, 1.165) is 13.8 Å². The highest BCUT2D eigenvalue weighted by Gasteiger charge is 2.37. The van der Waals surface area contributed by atoms with Crippen molar-refractivity contribution < 1.29 is 17.6 Å². The van der Waals surface area contributed by atoms with Gasteiger partial charge in [0.2, 0.25) is 0 Å². The Balaban J connectivity index is 5.09. The number of nitrogens with zero attached hydrogens (tertiary/aromatic N) is 1. The van der Waals surface area contributed by atoms with Crippen LogP contribution in [0.4, 0.5) is 17.6 Å². The Morgan fingerprint density at radius 3 is 1.92 bits per heavy atom. The van der Waals surface area contributed by atoms with E-state index in [0.29, 0.717) is 0 Å². The van der Waals surface area contributed by atoms with Crippen LogP contribution < -0.4 is 0 Å². The van der Waals surface area contributed by atoms with E-state index in [1.165, 1.54) is 6.92 Å². The fourth-order valence-corrected chi connectivity index (χ4v) is 0.742.